The molecule has 2 saturated heterocycles. The van der Waals surface area contributed by atoms with Gasteiger partial charge in [-0.05, 0) is 37.0 Å². The Bertz CT molecular complexity index is 993. The number of carbonyl (C=O) groups is 2. The molecule has 1 aromatic heterocycles. The molecular weight excluding hydrogens is 438 g/mol. The van der Waals surface area contributed by atoms with Crippen molar-refractivity contribution in [2.75, 3.05) is 39.7 Å². The van der Waals surface area contributed by atoms with E-state index in [1.807, 2.05) is 12.1 Å². The number of pyridine rings is 1. The number of hydrogen-bond donors (Lipinski definition) is 3. The van der Waals surface area contributed by atoms with Gasteiger partial charge >= 0.3 is 0 Å². The van der Waals surface area contributed by atoms with Gasteiger partial charge in [0, 0.05) is 49.3 Å². The van der Waals surface area contributed by atoms with Gasteiger partial charge in [-0.15, -0.1) is 0 Å². The van der Waals surface area contributed by atoms with Gasteiger partial charge in [0.25, 0.3) is 0 Å². The van der Waals surface area contributed by atoms with E-state index in [0.29, 0.717) is 42.4 Å². The number of ether oxygens (including phenoxy) is 3. The average Bonchev–Trinajstić information content (AvgIpc) is 3.38. The van der Waals surface area contributed by atoms with Gasteiger partial charge in [0.1, 0.15) is 6.04 Å². The molecule has 3 atom stereocenters. The largest absolute Gasteiger partial charge is 0.493 e. The lowest BCUT2D eigenvalue weighted by Crippen LogP contribution is -2.50. The maximum Gasteiger partial charge on any atom is 0.241 e. The van der Waals surface area contributed by atoms with Crippen molar-refractivity contribution in [2.45, 2.75) is 31.3 Å². The number of nitrogens with zero attached hydrogens (tertiary/aromatic N) is 2. The molecule has 0 spiro atoms. The Labute approximate surface area is 198 Å². The van der Waals surface area contributed by atoms with Crippen molar-refractivity contribution in [3.63, 3.8) is 0 Å². The second kappa shape index (κ2) is 10.7. The van der Waals surface area contributed by atoms with Crippen molar-refractivity contribution in [2.24, 2.45) is 5.92 Å². The van der Waals surface area contributed by atoms with Crippen LogP contribution in [0.2, 0.25) is 0 Å². The van der Waals surface area contributed by atoms with Crippen LogP contribution in [-0.2, 0) is 9.59 Å². The fourth-order valence-electron chi connectivity index (χ4n) is 4.54. The Morgan fingerprint density at radius 3 is 2.41 bits per heavy atom. The minimum absolute atomic E-state index is 0.00865. The van der Waals surface area contributed by atoms with Crippen LogP contribution in [0, 0.1) is 5.92 Å². The molecule has 1 aromatic carbocycles. The van der Waals surface area contributed by atoms with E-state index in [1.165, 1.54) is 21.3 Å². The second-order valence-corrected chi connectivity index (χ2v) is 8.44. The maximum absolute atomic E-state index is 13.2. The van der Waals surface area contributed by atoms with Gasteiger partial charge in [-0.1, -0.05) is 0 Å². The summed E-state index contributed by atoms with van der Waals surface area (Å²) in [5.41, 5.74) is 7.95. The van der Waals surface area contributed by atoms with Crippen molar-refractivity contribution in [3.05, 3.63) is 42.2 Å². The number of carbonyl (C=O) groups excluding carboxylic acids is 2. The molecule has 3 heterocycles. The van der Waals surface area contributed by atoms with Crippen LogP contribution in [0.4, 0.5) is 5.69 Å². The highest BCUT2D eigenvalue weighted by Gasteiger charge is 2.36. The summed E-state index contributed by atoms with van der Waals surface area (Å²) < 4.78 is 16.1. The summed E-state index contributed by atoms with van der Waals surface area (Å²) in [5, 5.41) is 2.94. The van der Waals surface area contributed by atoms with E-state index >= 15 is 0 Å². The van der Waals surface area contributed by atoms with Crippen molar-refractivity contribution < 1.29 is 23.8 Å². The van der Waals surface area contributed by atoms with Crippen molar-refractivity contribution in [1.82, 2.24) is 20.7 Å². The first-order valence-electron chi connectivity index (χ1n) is 11.3. The summed E-state index contributed by atoms with van der Waals surface area (Å²) in [6.07, 6.45) is 5.62. The zero-order valence-corrected chi connectivity index (χ0v) is 19.7. The number of benzene rings is 1. The van der Waals surface area contributed by atoms with Crippen LogP contribution >= 0.6 is 0 Å². The number of anilines is 1. The second-order valence-electron chi connectivity index (χ2n) is 8.44. The molecule has 2 aromatic rings. The average molecular weight is 470 g/mol. The van der Waals surface area contributed by atoms with E-state index in [0.717, 1.165) is 18.4 Å². The molecule has 0 aliphatic carbocycles. The molecule has 2 aliphatic heterocycles. The molecule has 2 aliphatic rings. The van der Waals surface area contributed by atoms with E-state index in [-0.39, 0.29) is 29.8 Å². The van der Waals surface area contributed by atoms with Gasteiger partial charge in [0.2, 0.25) is 17.6 Å². The highest BCUT2D eigenvalue weighted by Crippen LogP contribution is 2.40. The zero-order valence-electron chi connectivity index (χ0n) is 19.7. The summed E-state index contributed by atoms with van der Waals surface area (Å²) in [7, 11) is 4.58. The van der Waals surface area contributed by atoms with Crippen LogP contribution < -0.4 is 30.4 Å². The van der Waals surface area contributed by atoms with Crippen LogP contribution in [0.15, 0.2) is 36.7 Å². The normalized spacial score (nSPS) is 22.2. The first-order valence-corrected chi connectivity index (χ1v) is 11.3. The van der Waals surface area contributed by atoms with Crippen LogP contribution in [0.25, 0.3) is 0 Å². The third kappa shape index (κ3) is 5.07. The maximum atomic E-state index is 13.2. The molecule has 34 heavy (non-hydrogen) atoms. The fraction of sp³-hybridized carbons (Fsp3) is 0.458. The van der Waals surface area contributed by atoms with E-state index in [4.69, 9.17) is 14.2 Å². The van der Waals surface area contributed by atoms with E-state index in [9.17, 15) is 9.59 Å². The van der Waals surface area contributed by atoms with Gasteiger partial charge < -0.3 is 24.4 Å². The Kier molecular flexibility index (Phi) is 7.49. The first kappa shape index (κ1) is 23.8. The lowest BCUT2D eigenvalue weighted by molar-refractivity contribution is -0.136. The van der Waals surface area contributed by atoms with Gasteiger partial charge in [-0.3, -0.25) is 14.6 Å². The van der Waals surface area contributed by atoms with Crippen LogP contribution in [0.3, 0.4) is 0 Å². The summed E-state index contributed by atoms with van der Waals surface area (Å²) in [5.74, 6) is 0.943. The minimum Gasteiger partial charge on any atom is -0.493 e. The monoisotopic (exact) mass is 469 g/mol. The molecule has 3 N–H and O–H groups in total. The van der Waals surface area contributed by atoms with Crippen molar-refractivity contribution in [3.8, 4) is 17.2 Å². The summed E-state index contributed by atoms with van der Waals surface area (Å²) >= 11 is 0. The molecule has 4 rings (SSSR count). The Hall–Kier alpha value is -3.37. The summed E-state index contributed by atoms with van der Waals surface area (Å²) in [6, 6.07) is 6.97. The number of rotatable bonds is 7. The van der Waals surface area contributed by atoms with Crippen molar-refractivity contribution in [1.29, 1.82) is 0 Å². The molecule has 3 unspecified atom stereocenters. The number of aromatic nitrogens is 1. The standard InChI is InChI=1S/C24H31N5O5/c1-32-20-11-17(12-21(33-2)22(20)34-3)26-23(30)16-5-4-10-29(14-16)24(31)19-13-18(27-28-19)15-6-8-25-9-7-15/h6-9,11-12,16,18-19,27-28H,4-5,10,13-14H2,1-3H3,(H,26,30). The van der Waals surface area contributed by atoms with E-state index < -0.39 is 0 Å². The van der Waals surface area contributed by atoms with Gasteiger partial charge in [0.15, 0.2) is 11.5 Å². The third-order valence-electron chi connectivity index (χ3n) is 6.35. The molecule has 10 nitrogen and oxygen atoms in total. The molecule has 0 saturated carbocycles. The molecule has 2 amide bonds. The SMILES string of the molecule is COc1cc(NC(=O)C2CCCN(C(=O)C3CC(c4ccncc4)NN3)C2)cc(OC)c1OC. The number of hydrazine groups is 1. The van der Waals surface area contributed by atoms with Gasteiger partial charge in [0.05, 0.1) is 27.2 Å². The lowest BCUT2D eigenvalue weighted by Gasteiger charge is -2.33. The molecule has 0 radical (unpaired) electrons. The number of methoxy groups -OCH3 is 3. The van der Waals surface area contributed by atoms with E-state index in [1.54, 1.807) is 29.4 Å². The third-order valence-corrected chi connectivity index (χ3v) is 6.35. The smallest absolute Gasteiger partial charge is 0.241 e. The summed E-state index contributed by atoms with van der Waals surface area (Å²) in [4.78, 5) is 32.1. The number of piperidine rings is 1. The molecule has 0 bridgehead atoms. The molecular formula is C24H31N5O5. The van der Waals surface area contributed by atoms with E-state index in [2.05, 4.69) is 21.2 Å². The van der Waals surface area contributed by atoms with Gasteiger partial charge in [-0.25, -0.2) is 10.9 Å². The highest BCUT2D eigenvalue weighted by molar-refractivity contribution is 5.94. The number of hydrogen-bond acceptors (Lipinski definition) is 8. The Morgan fingerprint density at radius 2 is 1.76 bits per heavy atom. The molecule has 10 heteroatoms. The quantitative estimate of drug-likeness (QED) is 0.563. The zero-order chi connectivity index (χ0) is 24.1. The van der Waals surface area contributed by atoms with Crippen molar-refractivity contribution >= 4 is 17.5 Å². The Balaban J connectivity index is 1.38. The number of amides is 2. The fourth-order valence-corrected chi connectivity index (χ4v) is 4.54. The Morgan fingerprint density at radius 1 is 1.06 bits per heavy atom. The summed E-state index contributed by atoms with van der Waals surface area (Å²) in [6.45, 7) is 1.03. The first-order chi connectivity index (χ1) is 16.5. The number of nitrogens with one attached hydrogen (secondary N) is 3. The minimum atomic E-state index is -0.338. The van der Waals surface area contributed by atoms with Crippen LogP contribution in [0.1, 0.15) is 30.9 Å². The predicted octanol–water partition coefficient (Wildman–Crippen LogP) is 1.89. The topological polar surface area (TPSA) is 114 Å². The van der Waals surface area contributed by atoms with Gasteiger partial charge in [-0.2, -0.15) is 0 Å². The molecule has 2 fully saturated rings. The highest BCUT2D eigenvalue weighted by atomic mass is 16.5. The lowest BCUT2D eigenvalue weighted by atomic mass is 9.95. The molecule has 182 valence electrons. The number of likely N-dealkylation sites (tertiary alicyclic amines) is 1. The predicted molar refractivity (Wildman–Crippen MR) is 126 cm³/mol. The van der Waals surface area contributed by atoms with Crippen LogP contribution in [0.5, 0.6) is 17.2 Å². The van der Waals surface area contributed by atoms with Crippen LogP contribution in [-0.4, -0.2) is 62.2 Å².